The van der Waals surface area contributed by atoms with Gasteiger partial charge in [-0.3, -0.25) is 4.98 Å². The molecule has 0 atom stereocenters. The van der Waals surface area contributed by atoms with Crippen LogP contribution >= 0.6 is 11.3 Å². The third-order valence-electron chi connectivity index (χ3n) is 3.26. The standard InChI is InChI=1S/C17H17N3OS/c1-2-21-16-4-3-12(9-14(16)18)10-17-20-15(11-22-17)13-5-7-19-8-6-13/h3-9,11H,2,10,18H2,1H3. The maximum atomic E-state index is 6.01. The molecule has 0 amide bonds. The lowest BCUT2D eigenvalue weighted by Gasteiger charge is -2.08. The number of aromatic nitrogens is 2. The zero-order valence-corrected chi connectivity index (χ0v) is 13.1. The van der Waals surface area contributed by atoms with Gasteiger partial charge in [-0.15, -0.1) is 11.3 Å². The Morgan fingerprint density at radius 3 is 2.73 bits per heavy atom. The second-order valence-corrected chi connectivity index (χ2v) is 5.79. The predicted molar refractivity (Wildman–Crippen MR) is 90.2 cm³/mol. The molecule has 0 radical (unpaired) electrons. The van der Waals surface area contributed by atoms with Crippen LogP contribution in [0.15, 0.2) is 48.1 Å². The van der Waals surface area contributed by atoms with Crippen LogP contribution in [0, 0.1) is 0 Å². The minimum absolute atomic E-state index is 0.616. The molecule has 112 valence electrons. The van der Waals surface area contributed by atoms with Gasteiger partial charge < -0.3 is 10.5 Å². The van der Waals surface area contributed by atoms with Crippen molar-refractivity contribution in [3.63, 3.8) is 0 Å². The van der Waals surface area contributed by atoms with Gasteiger partial charge in [0, 0.05) is 29.8 Å². The number of ether oxygens (including phenoxy) is 1. The van der Waals surface area contributed by atoms with E-state index < -0.39 is 0 Å². The number of rotatable bonds is 5. The van der Waals surface area contributed by atoms with Gasteiger partial charge in [0.25, 0.3) is 0 Å². The number of nitrogen functional groups attached to an aromatic ring is 1. The van der Waals surface area contributed by atoms with Crippen molar-refractivity contribution in [3.05, 3.63) is 58.7 Å². The average Bonchev–Trinajstić information content (AvgIpc) is 3.00. The summed E-state index contributed by atoms with van der Waals surface area (Å²) in [5, 5.41) is 3.14. The molecule has 0 saturated carbocycles. The number of nitrogens with zero attached hydrogens (tertiary/aromatic N) is 2. The highest BCUT2D eigenvalue weighted by molar-refractivity contribution is 7.10. The lowest BCUT2D eigenvalue weighted by molar-refractivity contribution is 0.342. The molecule has 5 heteroatoms. The van der Waals surface area contributed by atoms with Crippen molar-refractivity contribution >= 4 is 17.0 Å². The number of anilines is 1. The molecule has 0 fully saturated rings. The van der Waals surface area contributed by atoms with Crippen LogP contribution in [0.1, 0.15) is 17.5 Å². The first-order chi connectivity index (χ1) is 10.8. The first-order valence-corrected chi connectivity index (χ1v) is 8.00. The molecule has 0 saturated heterocycles. The van der Waals surface area contributed by atoms with Crippen molar-refractivity contribution in [1.82, 2.24) is 9.97 Å². The summed E-state index contributed by atoms with van der Waals surface area (Å²) in [5.74, 6) is 0.739. The Morgan fingerprint density at radius 2 is 2.00 bits per heavy atom. The summed E-state index contributed by atoms with van der Waals surface area (Å²) in [6.45, 7) is 2.56. The van der Waals surface area contributed by atoms with Crippen LogP contribution in [0.25, 0.3) is 11.3 Å². The van der Waals surface area contributed by atoms with Gasteiger partial charge in [0.15, 0.2) is 0 Å². The summed E-state index contributed by atoms with van der Waals surface area (Å²) in [6, 6.07) is 9.85. The maximum absolute atomic E-state index is 6.01. The predicted octanol–water partition coefficient (Wildman–Crippen LogP) is 3.78. The summed E-state index contributed by atoms with van der Waals surface area (Å²) < 4.78 is 5.46. The molecule has 22 heavy (non-hydrogen) atoms. The fourth-order valence-electron chi connectivity index (χ4n) is 2.22. The molecule has 0 aliphatic carbocycles. The molecule has 2 N–H and O–H groups in total. The second-order valence-electron chi connectivity index (χ2n) is 4.84. The molecule has 0 aliphatic heterocycles. The monoisotopic (exact) mass is 311 g/mol. The summed E-state index contributed by atoms with van der Waals surface area (Å²) in [4.78, 5) is 8.71. The van der Waals surface area contributed by atoms with Gasteiger partial charge in [-0.2, -0.15) is 0 Å². The van der Waals surface area contributed by atoms with Gasteiger partial charge >= 0.3 is 0 Å². The first-order valence-electron chi connectivity index (χ1n) is 7.12. The fourth-order valence-corrected chi connectivity index (χ4v) is 3.05. The molecule has 0 bridgehead atoms. The van der Waals surface area contributed by atoms with E-state index in [0.29, 0.717) is 12.3 Å². The quantitative estimate of drug-likeness (QED) is 0.728. The third kappa shape index (κ3) is 3.26. The third-order valence-corrected chi connectivity index (χ3v) is 4.11. The SMILES string of the molecule is CCOc1ccc(Cc2nc(-c3ccncc3)cs2)cc1N. The van der Waals surface area contributed by atoms with E-state index in [1.807, 2.05) is 37.3 Å². The minimum atomic E-state index is 0.616. The average molecular weight is 311 g/mol. The highest BCUT2D eigenvalue weighted by Gasteiger charge is 2.07. The Kier molecular flexibility index (Phi) is 4.34. The van der Waals surface area contributed by atoms with Gasteiger partial charge in [-0.05, 0) is 36.8 Å². The zero-order valence-electron chi connectivity index (χ0n) is 12.3. The van der Waals surface area contributed by atoms with Crippen LogP contribution in [0.2, 0.25) is 0 Å². The number of nitrogens with two attached hydrogens (primary N) is 1. The van der Waals surface area contributed by atoms with Gasteiger partial charge in [0.2, 0.25) is 0 Å². The van der Waals surface area contributed by atoms with E-state index in [-0.39, 0.29) is 0 Å². The van der Waals surface area contributed by atoms with E-state index >= 15 is 0 Å². The van der Waals surface area contributed by atoms with E-state index in [9.17, 15) is 0 Å². The summed E-state index contributed by atoms with van der Waals surface area (Å²) in [5.41, 5.74) is 9.89. The lowest BCUT2D eigenvalue weighted by atomic mass is 10.1. The zero-order chi connectivity index (χ0) is 15.4. The van der Waals surface area contributed by atoms with E-state index in [1.54, 1.807) is 23.7 Å². The minimum Gasteiger partial charge on any atom is -0.492 e. The van der Waals surface area contributed by atoms with Crippen molar-refractivity contribution in [2.24, 2.45) is 0 Å². The number of pyridine rings is 1. The molecular formula is C17H17N3OS. The van der Waals surface area contributed by atoms with Crippen molar-refractivity contribution in [3.8, 4) is 17.0 Å². The molecule has 0 spiro atoms. The summed E-state index contributed by atoms with van der Waals surface area (Å²) >= 11 is 1.66. The highest BCUT2D eigenvalue weighted by atomic mass is 32.1. The van der Waals surface area contributed by atoms with Gasteiger partial charge in [0.1, 0.15) is 5.75 Å². The van der Waals surface area contributed by atoms with Crippen LogP contribution < -0.4 is 10.5 Å². The van der Waals surface area contributed by atoms with Gasteiger partial charge in [-0.1, -0.05) is 6.07 Å². The van der Waals surface area contributed by atoms with Crippen LogP contribution in [0.5, 0.6) is 5.75 Å². The second kappa shape index (κ2) is 6.58. The number of thiazole rings is 1. The van der Waals surface area contributed by atoms with Crippen LogP contribution in [-0.2, 0) is 6.42 Å². The first kappa shape index (κ1) is 14.5. The number of hydrogen-bond acceptors (Lipinski definition) is 5. The Hall–Kier alpha value is -2.40. The van der Waals surface area contributed by atoms with E-state index in [2.05, 4.69) is 15.3 Å². The maximum Gasteiger partial charge on any atom is 0.142 e. The fraction of sp³-hybridized carbons (Fsp3) is 0.176. The van der Waals surface area contributed by atoms with Gasteiger partial charge in [0.05, 0.1) is 23.0 Å². The van der Waals surface area contributed by atoms with E-state index in [1.165, 1.54) is 0 Å². The molecule has 1 aromatic carbocycles. The van der Waals surface area contributed by atoms with Crippen LogP contribution in [0.4, 0.5) is 5.69 Å². The Morgan fingerprint density at radius 1 is 1.18 bits per heavy atom. The Balaban J connectivity index is 1.77. The normalized spacial score (nSPS) is 10.6. The lowest BCUT2D eigenvalue weighted by Crippen LogP contribution is -1.98. The molecular weight excluding hydrogens is 294 g/mol. The van der Waals surface area contributed by atoms with E-state index in [4.69, 9.17) is 10.5 Å². The molecule has 0 aliphatic rings. The van der Waals surface area contributed by atoms with Crippen LogP contribution in [-0.4, -0.2) is 16.6 Å². The smallest absolute Gasteiger partial charge is 0.142 e. The molecule has 0 unspecified atom stereocenters. The van der Waals surface area contributed by atoms with Crippen molar-refractivity contribution in [2.45, 2.75) is 13.3 Å². The largest absolute Gasteiger partial charge is 0.492 e. The number of hydrogen-bond donors (Lipinski definition) is 1. The molecule has 2 heterocycles. The molecule has 3 rings (SSSR count). The topological polar surface area (TPSA) is 61.0 Å². The summed E-state index contributed by atoms with van der Waals surface area (Å²) in [7, 11) is 0. The molecule has 3 aromatic rings. The van der Waals surface area contributed by atoms with E-state index in [0.717, 1.165) is 34.0 Å². The Bertz CT molecular complexity index is 756. The van der Waals surface area contributed by atoms with Gasteiger partial charge in [-0.25, -0.2) is 4.98 Å². The van der Waals surface area contributed by atoms with Crippen molar-refractivity contribution in [1.29, 1.82) is 0 Å². The highest BCUT2D eigenvalue weighted by Crippen LogP contribution is 2.26. The molecule has 2 aromatic heterocycles. The summed E-state index contributed by atoms with van der Waals surface area (Å²) in [6.07, 6.45) is 4.33. The van der Waals surface area contributed by atoms with Crippen molar-refractivity contribution in [2.75, 3.05) is 12.3 Å². The Labute approximate surface area is 133 Å². The number of benzene rings is 1. The van der Waals surface area contributed by atoms with Crippen LogP contribution in [0.3, 0.4) is 0 Å². The molecule has 4 nitrogen and oxygen atoms in total. The van der Waals surface area contributed by atoms with Crippen molar-refractivity contribution < 1.29 is 4.74 Å².